The van der Waals surface area contributed by atoms with Crippen LogP contribution in [0, 0.1) is 6.92 Å². The molecule has 6 nitrogen and oxygen atoms in total. The van der Waals surface area contributed by atoms with Gasteiger partial charge < -0.3 is 14.1 Å². The average molecular weight is 343 g/mol. The molecule has 0 bridgehead atoms. The molecule has 0 aliphatic carbocycles. The van der Waals surface area contributed by atoms with E-state index in [1.807, 2.05) is 36.1 Å². The molecule has 1 amide bonds. The molecule has 1 aliphatic rings. The molecular weight excluding hydrogens is 318 g/mol. The molecule has 0 radical (unpaired) electrons. The second-order valence-corrected chi connectivity index (χ2v) is 6.29. The molecule has 2 aromatic heterocycles. The summed E-state index contributed by atoms with van der Waals surface area (Å²) in [6.45, 7) is 6.92. The van der Waals surface area contributed by atoms with Crippen molar-refractivity contribution in [2.24, 2.45) is 0 Å². The highest BCUT2D eigenvalue weighted by Crippen LogP contribution is 2.20. The van der Waals surface area contributed by atoms with Gasteiger partial charge in [-0.05, 0) is 44.2 Å². The molecule has 1 saturated heterocycles. The number of hydrogen-bond acceptors (Lipinski definition) is 5. The lowest BCUT2D eigenvalue weighted by Crippen LogP contribution is -2.36. The molecule has 0 atom stereocenters. The lowest BCUT2D eigenvalue weighted by atomic mass is 10.1. The number of carbonyl (C=O) groups excluding carboxylic acids is 1. The van der Waals surface area contributed by atoms with Gasteiger partial charge in [-0.3, -0.25) is 9.69 Å². The van der Waals surface area contributed by atoms with Gasteiger partial charge in [0.1, 0.15) is 5.69 Å². The van der Waals surface area contributed by atoms with Crippen LogP contribution in [0.4, 0.5) is 0 Å². The van der Waals surface area contributed by atoms with Crippen LogP contribution < -0.4 is 0 Å². The number of rotatable bonds is 5. The highest BCUT2D eigenvalue weighted by molar-refractivity contribution is 5.95. The standard InChI is InChI=1S/C19H25N3O3/c1-15-16(6-7-17(20-15)18-5-3-13-25-18)19(23)22-9-4-8-21(10-11-22)12-14-24-2/h3,5-7,13H,4,8-12,14H2,1-2H3. The van der Waals surface area contributed by atoms with Gasteiger partial charge >= 0.3 is 0 Å². The lowest BCUT2D eigenvalue weighted by molar-refractivity contribution is 0.0758. The van der Waals surface area contributed by atoms with Crippen LogP contribution in [0.1, 0.15) is 22.5 Å². The van der Waals surface area contributed by atoms with Crippen LogP contribution in [0.15, 0.2) is 34.9 Å². The summed E-state index contributed by atoms with van der Waals surface area (Å²) in [5, 5.41) is 0. The van der Waals surface area contributed by atoms with E-state index >= 15 is 0 Å². The third kappa shape index (κ3) is 4.27. The van der Waals surface area contributed by atoms with E-state index in [0.29, 0.717) is 11.3 Å². The van der Waals surface area contributed by atoms with Gasteiger partial charge in [-0.15, -0.1) is 0 Å². The summed E-state index contributed by atoms with van der Waals surface area (Å²) in [7, 11) is 1.72. The summed E-state index contributed by atoms with van der Waals surface area (Å²) in [5.74, 6) is 0.773. The van der Waals surface area contributed by atoms with Crippen molar-refractivity contribution >= 4 is 5.91 Å². The molecule has 0 unspecified atom stereocenters. The molecule has 1 aliphatic heterocycles. The molecule has 1 fully saturated rings. The Bertz CT molecular complexity index is 700. The van der Waals surface area contributed by atoms with Crippen molar-refractivity contribution in [2.75, 3.05) is 46.4 Å². The third-order valence-corrected chi connectivity index (χ3v) is 4.58. The van der Waals surface area contributed by atoms with Crippen molar-refractivity contribution in [1.29, 1.82) is 0 Å². The first kappa shape index (κ1) is 17.6. The zero-order chi connectivity index (χ0) is 17.6. The summed E-state index contributed by atoms with van der Waals surface area (Å²) in [4.78, 5) is 21.7. The van der Waals surface area contributed by atoms with Crippen molar-refractivity contribution in [1.82, 2.24) is 14.8 Å². The van der Waals surface area contributed by atoms with Crippen molar-refractivity contribution in [3.63, 3.8) is 0 Å². The summed E-state index contributed by atoms with van der Waals surface area (Å²) >= 11 is 0. The summed E-state index contributed by atoms with van der Waals surface area (Å²) in [6.07, 6.45) is 2.60. The minimum absolute atomic E-state index is 0.0598. The smallest absolute Gasteiger partial charge is 0.255 e. The Labute approximate surface area is 148 Å². The summed E-state index contributed by atoms with van der Waals surface area (Å²) in [6, 6.07) is 7.41. The first-order valence-corrected chi connectivity index (χ1v) is 8.71. The van der Waals surface area contributed by atoms with E-state index in [1.165, 1.54) is 0 Å². The number of carbonyl (C=O) groups is 1. The topological polar surface area (TPSA) is 58.8 Å². The van der Waals surface area contributed by atoms with Gasteiger partial charge in [0.2, 0.25) is 0 Å². The fraction of sp³-hybridized carbons (Fsp3) is 0.474. The monoisotopic (exact) mass is 343 g/mol. The Hall–Kier alpha value is -2.18. The normalized spacial score (nSPS) is 16.0. The number of nitrogens with zero attached hydrogens (tertiary/aromatic N) is 3. The molecule has 0 N–H and O–H groups in total. The number of furan rings is 1. The Morgan fingerprint density at radius 3 is 2.84 bits per heavy atom. The number of hydrogen-bond donors (Lipinski definition) is 0. The lowest BCUT2D eigenvalue weighted by Gasteiger charge is -2.22. The molecule has 0 spiro atoms. The first-order valence-electron chi connectivity index (χ1n) is 8.71. The van der Waals surface area contributed by atoms with E-state index in [9.17, 15) is 4.79 Å². The molecule has 0 aromatic carbocycles. The van der Waals surface area contributed by atoms with Crippen LogP contribution in [0.5, 0.6) is 0 Å². The third-order valence-electron chi connectivity index (χ3n) is 4.58. The summed E-state index contributed by atoms with van der Waals surface area (Å²) < 4.78 is 10.5. The number of methoxy groups -OCH3 is 1. The zero-order valence-corrected chi connectivity index (χ0v) is 14.9. The van der Waals surface area contributed by atoms with Crippen molar-refractivity contribution < 1.29 is 13.9 Å². The van der Waals surface area contributed by atoms with Crippen LogP contribution in [-0.4, -0.2) is 67.1 Å². The summed E-state index contributed by atoms with van der Waals surface area (Å²) in [5.41, 5.74) is 2.15. The van der Waals surface area contributed by atoms with E-state index in [-0.39, 0.29) is 5.91 Å². The Kier molecular flexibility index (Phi) is 5.83. The van der Waals surface area contributed by atoms with Crippen molar-refractivity contribution in [3.8, 4) is 11.5 Å². The quantitative estimate of drug-likeness (QED) is 0.835. The van der Waals surface area contributed by atoms with E-state index in [2.05, 4.69) is 9.88 Å². The molecule has 3 heterocycles. The van der Waals surface area contributed by atoms with Crippen LogP contribution in [0.3, 0.4) is 0 Å². The van der Waals surface area contributed by atoms with E-state index in [4.69, 9.17) is 9.15 Å². The van der Waals surface area contributed by atoms with E-state index < -0.39 is 0 Å². The van der Waals surface area contributed by atoms with Crippen molar-refractivity contribution in [3.05, 3.63) is 41.8 Å². The maximum atomic E-state index is 12.9. The van der Waals surface area contributed by atoms with E-state index in [0.717, 1.165) is 57.1 Å². The van der Waals surface area contributed by atoms with Crippen LogP contribution in [0.2, 0.25) is 0 Å². The van der Waals surface area contributed by atoms with Crippen LogP contribution in [-0.2, 0) is 4.74 Å². The highest BCUT2D eigenvalue weighted by Gasteiger charge is 2.22. The Balaban J connectivity index is 1.68. The second kappa shape index (κ2) is 8.27. The average Bonchev–Trinajstić information content (AvgIpc) is 3.05. The fourth-order valence-corrected chi connectivity index (χ4v) is 3.14. The second-order valence-electron chi connectivity index (χ2n) is 6.29. The molecule has 134 valence electrons. The predicted octanol–water partition coefficient (Wildman–Crippen LogP) is 2.44. The Morgan fingerprint density at radius 1 is 1.24 bits per heavy atom. The number of amides is 1. The predicted molar refractivity (Wildman–Crippen MR) is 95.5 cm³/mol. The van der Waals surface area contributed by atoms with Gasteiger partial charge in [0.25, 0.3) is 5.91 Å². The fourth-order valence-electron chi connectivity index (χ4n) is 3.14. The number of aromatic nitrogens is 1. The molecule has 25 heavy (non-hydrogen) atoms. The Morgan fingerprint density at radius 2 is 2.12 bits per heavy atom. The minimum atomic E-state index is 0.0598. The molecule has 0 saturated carbocycles. The van der Waals surface area contributed by atoms with E-state index in [1.54, 1.807) is 13.4 Å². The SMILES string of the molecule is COCCN1CCCN(C(=O)c2ccc(-c3ccco3)nc2C)CC1. The van der Waals surface area contributed by atoms with Gasteiger partial charge in [0.15, 0.2) is 5.76 Å². The van der Waals surface area contributed by atoms with Crippen molar-refractivity contribution in [2.45, 2.75) is 13.3 Å². The van der Waals surface area contributed by atoms with Crippen LogP contribution in [0.25, 0.3) is 11.5 Å². The first-order chi connectivity index (χ1) is 12.2. The van der Waals surface area contributed by atoms with Gasteiger partial charge in [0, 0.05) is 33.3 Å². The zero-order valence-electron chi connectivity index (χ0n) is 14.9. The van der Waals surface area contributed by atoms with Crippen LogP contribution >= 0.6 is 0 Å². The number of aryl methyl sites for hydroxylation is 1. The molecule has 2 aromatic rings. The minimum Gasteiger partial charge on any atom is -0.463 e. The largest absolute Gasteiger partial charge is 0.463 e. The molecular formula is C19H25N3O3. The molecule has 6 heteroatoms. The number of pyridine rings is 1. The van der Waals surface area contributed by atoms with Gasteiger partial charge in [0.05, 0.1) is 24.1 Å². The maximum absolute atomic E-state index is 12.9. The highest BCUT2D eigenvalue weighted by atomic mass is 16.5. The number of ether oxygens (including phenoxy) is 1. The van der Waals surface area contributed by atoms with Gasteiger partial charge in [-0.1, -0.05) is 0 Å². The molecule has 3 rings (SSSR count). The maximum Gasteiger partial charge on any atom is 0.255 e. The van der Waals surface area contributed by atoms with Gasteiger partial charge in [-0.2, -0.15) is 0 Å². The van der Waals surface area contributed by atoms with Gasteiger partial charge in [-0.25, -0.2) is 4.98 Å².